The lowest BCUT2D eigenvalue weighted by atomic mass is 9.65. The van der Waals surface area contributed by atoms with Gasteiger partial charge in [0, 0.05) is 13.2 Å². The van der Waals surface area contributed by atoms with Crippen molar-refractivity contribution in [1.29, 1.82) is 0 Å². The van der Waals surface area contributed by atoms with E-state index >= 15 is 0 Å². The number of hydrogen-bond donors (Lipinski definition) is 1. The molecule has 0 radical (unpaired) electrons. The highest BCUT2D eigenvalue weighted by Crippen LogP contribution is 2.42. The second kappa shape index (κ2) is 4.43. The first-order valence-electron chi connectivity index (χ1n) is 5.64. The van der Waals surface area contributed by atoms with Crippen molar-refractivity contribution in [3.05, 3.63) is 0 Å². The summed E-state index contributed by atoms with van der Waals surface area (Å²) in [5.74, 6) is 2.95. The molecule has 2 heteroatoms. The molecule has 2 atom stereocenters. The minimum atomic E-state index is 0.966. The van der Waals surface area contributed by atoms with Gasteiger partial charge in [-0.1, -0.05) is 0 Å². The van der Waals surface area contributed by atoms with E-state index in [2.05, 4.69) is 12.4 Å². The van der Waals surface area contributed by atoms with Gasteiger partial charge in [0.25, 0.3) is 0 Å². The third kappa shape index (κ3) is 2.05. The maximum atomic E-state index is 5.40. The second-order valence-electron chi connectivity index (χ2n) is 4.51. The Labute approximate surface area is 81.0 Å². The van der Waals surface area contributed by atoms with Gasteiger partial charge in [-0.3, -0.25) is 0 Å². The molecule has 2 rings (SSSR count). The van der Waals surface area contributed by atoms with Gasteiger partial charge in [-0.05, 0) is 57.0 Å². The minimum Gasteiger partial charge on any atom is -0.381 e. The van der Waals surface area contributed by atoms with E-state index in [1.54, 1.807) is 0 Å². The lowest BCUT2D eigenvalue weighted by molar-refractivity contribution is 0.00419. The Balaban J connectivity index is 1.78. The molecule has 1 heterocycles. The molecule has 13 heavy (non-hydrogen) atoms. The van der Waals surface area contributed by atoms with Crippen LogP contribution in [0.25, 0.3) is 0 Å². The first-order valence-corrected chi connectivity index (χ1v) is 5.64. The zero-order valence-electron chi connectivity index (χ0n) is 8.59. The summed E-state index contributed by atoms with van der Waals surface area (Å²) in [7, 11) is 2.07. The summed E-state index contributed by atoms with van der Waals surface area (Å²) in [5.41, 5.74) is 0. The van der Waals surface area contributed by atoms with Gasteiger partial charge in [-0.2, -0.15) is 0 Å². The summed E-state index contributed by atoms with van der Waals surface area (Å²) in [5, 5.41) is 3.31. The molecule has 2 aliphatic rings. The molecule has 1 N–H and O–H groups in total. The lowest BCUT2D eigenvalue weighted by Crippen LogP contribution is -2.40. The minimum absolute atomic E-state index is 0.966. The number of rotatable bonds is 3. The molecule has 0 amide bonds. The Kier molecular flexibility index (Phi) is 3.23. The monoisotopic (exact) mass is 183 g/mol. The first-order chi connectivity index (χ1) is 6.42. The van der Waals surface area contributed by atoms with Crippen molar-refractivity contribution >= 4 is 0 Å². The van der Waals surface area contributed by atoms with Crippen molar-refractivity contribution in [2.45, 2.75) is 25.7 Å². The zero-order valence-corrected chi connectivity index (χ0v) is 8.59. The largest absolute Gasteiger partial charge is 0.381 e. The van der Waals surface area contributed by atoms with Gasteiger partial charge in [0.1, 0.15) is 0 Å². The molecular weight excluding hydrogens is 162 g/mol. The number of hydrogen-bond acceptors (Lipinski definition) is 2. The van der Waals surface area contributed by atoms with Crippen LogP contribution in [0.3, 0.4) is 0 Å². The van der Waals surface area contributed by atoms with E-state index in [9.17, 15) is 0 Å². The predicted molar refractivity (Wildman–Crippen MR) is 53.7 cm³/mol. The molecule has 0 aromatic heterocycles. The van der Waals surface area contributed by atoms with Crippen LogP contribution in [-0.2, 0) is 4.74 Å². The van der Waals surface area contributed by atoms with Gasteiger partial charge < -0.3 is 10.1 Å². The van der Waals surface area contributed by atoms with E-state index < -0.39 is 0 Å². The van der Waals surface area contributed by atoms with Gasteiger partial charge in [0.05, 0.1) is 0 Å². The van der Waals surface area contributed by atoms with Crippen LogP contribution >= 0.6 is 0 Å². The summed E-state index contributed by atoms with van der Waals surface area (Å²) in [4.78, 5) is 0. The maximum absolute atomic E-state index is 5.40. The molecule has 1 aliphatic heterocycles. The molecule has 2 nitrogen and oxygen atoms in total. The van der Waals surface area contributed by atoms with Crippen molar-refractivity contribution in [2.75, 3.05) is 26.8 Å². The molecule has 0 aromatic rings. The Morgan fingerprint density at radius 3 is 2.46 bits per heavy atom. The summed E-state index contributed by atoms with van der Waals surface area (Å²) in [6.45, 7) is 3.24. The topological polar surface area (TPSA) is 21.3 Å². The summed E-state index contributed by atoms with van der Waals surface area (Å²) < 4.78 is 5.40. The van der Waals surface area contributed by atoms with Crippen LogP contribution in [0, 0.1) is 17.8 Å². The van der Waals surface area contributed by atoms with Gasteiger partial charge in [0.15, 0.2) is 0 Å². The normalized spacial score (nSPS) is 35.8. The third-order valence-corrected chi connectivity index (χ3v) is 3.81. The predicted octanol–water partition coefficient (Wildman–Crippen LogP) is 1.66. The van der Waals surface area contributed by atoms with E-state index in [0.717, 1.165) is 31.0 Å². The molecule has 1 saturated heterocycles. The first kappa shape index (κ1) is 9.47. The van der Waals surface area contributed by atoms with Crippen molar-refractivity contribution in [1.82, 2.24) is 5.32 Å². The SMILES string of the molecule is CNCC1CCC1C1CCOCC1. The van der Waals surface area contributed by atoms with E-state index in [0.29, 0.717) is 0 Å². The molecule has 1 aliphatic carbocycles. The standard InChI is InChI=1S/C11H21NO/c1-12-8-10-2-3-11(10)9-4-6-13-7-5-9/h9-12H,2-8H2,1H3. The van der Waals surface area contributed by atoms with Crippen LogP contribution < -0.4 is 5.32 Å². The lowest BCUT2D eigenvalue weighted by Gasteiger charge is -2.43. The molecule has 76 valence electrons. The van der Waals surface area contributed by atoms with Crippen LogP contribution in [-0.4, -0.2) is 26.8 Å². The Hall–Kier alpha value is -0.0800. The third-order valence-electron chi connectivity index (χ3n) is 3.81. The van der Waals surface area contributed by atoms with Gasteiger partial charge in [-0.25, -0.2) is 0 Å². The smallest absolute Gasteiger partial charge is 0.0468 e. The van der Waals surface area contributed by atoms with E-state index in [-0.39, 0.29) is 0 Å². The average Bonchev–Trinajstić information content (AvgIpc) is 2.14. The van der Waals surface area contributed by atoms with Crippen molar-refractivity contribution in [3.63, 3.8) is 0 Å². The highest BCUT2D eigenvalue weighted by molar-refractivity contribution is 4.87. The molecule has 0 aromatic carbocycles. The molecular formula is C11H21NO. The molecule has 0 bridgehead atoms. The zero-order chi connectivity index (χ0) is 9.10. The summed E-state index contributed by atoms with van der Waals surface area (Å²) in [6, 6.07) is 0. The average molecular weight is 183 g/mol. The van der Waals surface area contributed by atoms with Crippen LogP contribution in [0.4, 0.5) is 0 Å². The highest BCUT2D eigenvalue weighted by Gasteiger charge is 2.36. The van der Waals surface area contributed by atoms with Crippen molar-refractivity contribution in [3.8, 4) is 0 Å². The Bertz CT molecular complexity index is 154. The van der Waals surface area contributed by atoms with Crippen molar-refractivity contribution < 1.29 is 4.74 Å². The summed E-state index contributed by atoms with van der Waals surface area (Å²) in [6.07, 6.45) is 5.54. The van der Waals surface area contributed by atoms with E-state index in [4.69, 9.17) is 4.74 Å². The van der Waals surface area contributed by atoms with Gasteiger partial charge in [-0.15, -0.1) is 0 Å². The Morgan fingerprint density at radius 2 is 1.92 bits per heavy atom. The number of nitrogens with one attached hydrogen (secondary N) is 1. The summed E-state index contributed by atoms with van der Waals surface area (Å²) >= 11 is 0. The molecule has 1 saturated carbocycles. The highest BCUT2D eigenvalue weighted by atomic mass is 16.5. The quantitative estimate of drug-likeness (QED) is 0.718. The van der Waals surface area contributed by atoms with Crippen LogP contribution in [0.1, 0.15) is 25.7 Å². The van der Waals surface area contributed by atoms with Gasteiger partial charge >= 0.3 is 0 Å². The fraction of sp³-hybridized carbons (Fsp3) is 1.00. The van der Waals surface area contributed by atoms with Crippen LogP contribution in [0.15, 0.2) is 0 Å². The maximum Gasteiger partial charge on any atom is 0.0468 e. The molecule has 2 fully saturated rings. The van der Waals surface area contributed by atoms with Gasteiger partial charge in [0.2, 0.25) is 0 Å². The molecule has 2 unspecified atom stereocenters. The van der Waals surface area contributed by atoms with Crippen LogP contribution in [0.5, 0.6) is 0 Å². The van der Waals surface area contributed by atoms with E-state index in [1.165, 1.54) is 32.2 Å². The Morgan fingerprint density at radius 1 is 1.15 bits per heavy atom. The van der Waals surface area contributed by atoms with E-state index in [1.807, 2.05) is 0 Å². The van der Waals surface area contributed by atoms with Crippen LogP contribution in [0.2, 0.25) is 0 Å². The number of ether oxygens (including phenoxy) is 1. The second-order valence-corrected chi connectivity index (χ2v) is 4.51. The van der Waals surface area contributed by atoms with Crippen molar-refractivity contribution in [2.24, 2.45) is 17.8 Å². The fourth-order valence-corrected chi connectivity index (χ4v) is 2.88. The fourth-order valence-electron chi connectivity index (χ4n) is 2.88. The molecule has 0 spiro atoms.